The monoisotopic (exact) mass is 367 g/mol. The molecule has 0 aliphatic carbocycles. The number of hydrogen-bond acceptors (Lipinski definition) is 4. The molecule has 2 aliphatic heterocycles. The van der Waals surface area contributed by atoms with Crippen LogP contribution in [0, 0.1) is 0 Å². The molecule has 0 atom stereocenters. The molecule has 0 fully saturated rings. The van der Waals surface area contributed by atoms with Gasteiger partial charge in [-0.1, -0.05) is 6.92 Å². The Balaban J connectivity index is 1.66. The van der Waals surface area contributed by atoms with Crippen LogP contribution in [0.2, 0.25) is 0 Å². The summed E-state index contributed by atoms with van der Waals surface area (Å²) in [4.78, 5) is 23.0. The van der Waals surface area contributed by atoms with E-state index < -0.39 is 5.41 Å². The number of carbonyl (C=O) groups excluding carboxylic acids is 1. The number of hydrogen-bond donors (Lipinski definition) is 2. The van der Waals surface area contributed by atoms with Crippen LogP contribution in [-0.2, 0) is 21.7 Å². The molecule has 0 saturated heterocycles. The molecule has 1 amide bonds. The van der Waals surface area contributed by atoms with Crippen LogP contribution in [-0.4, -0.2) is 32.6 Å². The summed E-state index contributed by atoms with van der Waals surface area (Å²) in [6.45, 7) is 6.84. The van der Waals surface area contributed by atoms with Crippen molar-refractivity contribution in [1.29, 1.82) is 0 Å². The van der Waals surface area contributed by atoms with Gasteiger partial charge in [-0.15, -0.1) is 0 Å². The molecular weight excluding hydrogens is 346 g/mol. The molecule has 6 nitrogen and oxygen atoms in total. The lowest BCUT2D eigenvalue weighted by molar-refractivity contribution is -0.122. The van der Waals surface area contributed by atoms with Crippen molar-refractivity contribution in [1.82, 2.24) is 20.2 Å². The van der Waals surface area contributed by atoms with Crippen molar-refractivity contribution in [3.05, 3.63) is 29.0 Å². The number of H-pyrrole nitrogens is 2. The van der Waals surface area contributed by atoms with E-state index in [0.29, 0.717) is 0 Å². The third kappa shape index (κ3) is 2.03. The molecule has 0 radical (unpaired) electrons. The van der Waals surface area contributed by atoms with Gasteiger partial charge in [-0.2, -0.15) is 16.9 Å². The Hall–Kier alpha value is -2.28. The second-order valence-electron chi connectivity index (χ2n) is 7.58. The number of fused-ring (bicyclic) bond motifs is 3. The van der Waals surface area contributed by atoms with Crippen molar-refractivity contribution in [2.45, 2.75) is 44.1 Å². The van der Waals surface area contributed by atoms with Crippen molar-refractivity contribution in [3.8, 4) is 11.5 Å². The third-order valence-electron chi connectivity index (χ3n) is 5.46. The van der Waals surface area contributed by atoms with E-state index in [1.165, 1.54) is 11.3 Å². The van der Waals surface area contributed by atoms with Crippen LogP contribution in [0.25, 0.3) is 22.6 Å². The van der Waals surface area contributed by atoms with Gasteiger partial charge in [0.25, 0.3) is 0 Å². The van der Waals surface area contributed by atoms with Gasteiger partial charge in [-0.25, -0.2) is 4.98 Å². The van der Waals surface area contributed by atoms with Gasteiger partial charge in [0.15, 0.2) is 5.82 Å². The maximum absolute atomic E-state index is 12.8. The first-order chi connectivity index (χ1) is 12.5. The first-order valence-corrected chi connectivity index (χ1v) is 10.2. The fraction of sp³-hybridized carbons (Fsp3) is 0.421. The predicted octanol–water partition coefficient (Wildman–Crippen LogP) is 3.73. The summed E-state index contributed by atoms with van der Waals surface area (Å²) in [5.41, 5.74) is 6.78. The highest BCUT2D eigenvalue weighted by molar-refractivity contribution is 7.98. The van der Waals surface area contributed by atoms with Gasteiger partial charge in [0.1, 0.15) is 5.69 Å². The van der Waals surface area contributed by atoms with E-state index in [1.54, 1.807) is 0 Å². The summed E-state index contributed by atoms with van der Waals surface area (Å²) in [5.74, 6) is 2.93. The van der Waals surface area contributed by atoms with E-state index >= 15 is 0 Å². The van der Waals surface area contributed by atoms with Gasteiger partial charge in [0.2, 0.25) is 5.91 Å². The number of anilines is 1. The lowest BCUT2D eigenvalue weighted by Gasteiger charge is -2.19. The minimum Gasteiger partial charge on any atom is -0.337 e. The van der Waals surface area contributed by atoms with E-state index in [0.717, 1.165) is 58.3 Å². The topological polar surface area (TPSA) is 77.7 Å². The average molecular weight is 367 g/mol. The van der Waals surface area contributed by atoms with Gasteiger partial charge >= 0.3 is 0 Å². The first kappa shape index (κ1) is 15.9. The minimum absolute atomic E-state index is 0.171. The molecule has 0 spiro atoms. The molecule has 2 aliphatic rings. The molecule has 0 bridgehead atoms. The third-order valence-corrected chi connectivity index (χ3v) is 6.45. The van der Waals surface area contributed by atoms with Gasteiger partial charge in [0, 0.05) is 29.3 Å². The number of amides is 1. The Kier molecular flexibility index (Phi) is 3.28. The smallest absolute Gasteiger partial charge is 0.237 e. The normalized spacial score (nSPS) is 18.0. The molecule has 4 heterocycles. The number of imidazole rings is 1. The molecule has 3 aromatic rings. The zero-order valence-electron chi connectivity index (χ0n) is 15.1. The molecular formula is C19H21N5OS. The number of carbonyl (C=O) groups is 1. The van der Waals surface area contributed by atoms with Gasteiger partial charge in [-0.3, -0.25) is 9.89 Å². The predicted molar refractivity (Wildman–Crippen MR) is 104 cm³/mol. The molecule has 1 aromatic carbocycles. The molecule has 26 heavy (non-hydrogen) atoms. The van der Waals surface area contributed by atoms with Crippen LogP contribution in [0.1, 0.15) is 44.0 Å². The van der Waals surface area contributed by atoms with Gasteiger partial charge < -0.3 is 9.88 Å². The molecule has 0 saturated carbocycles. The van der Waals surface area contributed by atoms with Crippen LogP contribution in [0.3, 0.4) is 0 Å². The Morgan fingerprint density at radius 2 is 2.15 bits per heavy atom. The highest BCUT2D eigenvalue weighted by Crippen LogP contribution is 2.44. The summed E-state index contributed by atoms with van der Waals surface area (Å²) >= 11 is 1.89. The zero-order valence-corrected chi connectivity index (χ0v) is 16.0. The number of benzene rings is 1. The Morgan fingerprint density at radius 1 is 1.31 bits per heavy atom. The quantitative estimate of drug-likeness (QED) is 0.739. The van der Waals surface area contributed by atoms with Crippen molar-refractivity contribution >= 4 is 34.4 Å². The molecule has 0 unspecified atom stereocenters. The Labute approximate surface area is 155 Å². The number of nitrogens with one attached hydrogen (secondary N) is 2. The van der Waals surface area contributed by atoms with E-state index in [2.05, 4.69) is 34.2 Å². The van der Waals surface area contributed by atoms with Crippen LogP contribution in [0.15, 0.2) is 12.1 Å². The highest BCUT2D eigenvalue weighted by Gasteiger charge is 2.43. The Morgan fingerprint density at radius 3 is 2.96 bits per heavy atom. The SMILES string of the molecule is CCCN1C(=O)C(C)(C)c2cc3[nH]c(-c4n[nH]c5c4CSC5)nc3cc21. The molecule has 2 N–H and O–H groups in total. The summed E-state index contributed by atoms with van der Waals surface area (Å²) < 4.78 is 0. The van der Waals surface area contributed by atoms with Crippen molar-refractivity contribution in [2.75, 3.05) is 11.4 Å². The molecule has 7 heteroatoms. The summed E-state index contributed by atoms with van der Waals surface area (Å²) in [5, 5.41) is 7.60. The number of nitrogens with zero attached hydrogens (tertiary/aromatic N) is 3. The first-order valence-electron chi connectivity index (χ1n) is 9.01. The van der Waals surface area contributed by atoms with Crippen LogP contribution < -0.4 is 4.90 Å². The molecule has 2 aromatic heterocycles. The second kappa shape index (κ2) is 5.36. The fourth-order valence-corrected chi connectivity index (χ4v) is 5.08. The van der Waals surface area contributed by atoms with Gasteiger partial charge in [-0.05, 0) is 38.0 Å². The maximum atomic E-state index is 12.8. The lowest BCUT2D eigenvalue weighted by Crippen LogP contribution is -2.36. The van der Waals surface area contributed by atoms with Crippen molar-refractivity contribution < 1.29 is 4.79 Å². The van der Waals surface area contributed by atoms with Crippen LogP contribution in [0.4, 0.5) is 5.69 Å². The Bertz CT molecular complexity index is 1050. The van der Waals surface area contributed by atoms with Crippen LogP contribution in [0.5, 0.6) is 0 Å². The standard InChI is InChI=1S/C19H21N5OS/c1-4-5-24-15-7-13-12(6-11(15)19(2,3)18(24)25)20-17(21-13)16-10-8-26-9-14(10)22-23-16/h6-7H,4-5,8-9H2,1-3H3,(H,20,21)(H,22,23). The number of aromatic amines is 2. The van der Waals surface area contributed by atoms with E-state index in [9.17, 15) is 4.79 Å². The summed E-state index contributed by atoms with van der Waals surface area (Å²) in [6.07, 6.45) is 0.933. The average Bonchev–Trinajstić information content (AvgIpc) is 3.33. The number of aromatic nitrogens is 4. The summed E-state index contributed by atoms with van der Waals surface area (Å²) in [7, 11) is 0. The van der Waals surface area contributed by atoms with E-state index in [1.807, 2.05) is 30.5 Å². The fourth-order valence-electron chi connectivity index (χ4n) is 4.02. The highest BCUT2D eigenvalue weighted by atomic mass is 32.2. The number of thioether (sulfide) groups is 1. The van der Waals surface area contributed by atoms with Crippen molar-refractivity contribution in [3.63, 3.8) is 0 Å². The van der Waals surface area contributed by atoms with E-state index in [4.69, 9.17) is 4.98 Å². The lowest BCUT2D eigenvalue weighted by atomic mass is 9.86. The minimum atomic E-state index is -0.506. The molecule has 134 valence electrons. The number of rotatable bonds is 3. The largest absolute Gasteiger partial charge is 0.337 e. The van der Waals surface area contributed by atoms with E-state index in [-0.39, 0.29) is 5.91 Å². The zero-order chi connectivity index (χ0) is 18.1. The second-order valence-corrected chi connectivity index (χ2v) is 8.56. The van der Waals surface area contributed by atoms with Crippen molar-refractivity contribution in [2.24, 2.45) is 0 Å². The molecule has 5 rings (SSSR count). The maximum Gasteiger partial charge on any atom is 0.237 e. The van der Waals surface area contributed by atoms with Crippen LogP contribution >= 0.6 is 11.8 Å². The van der Waals surface area contributed by atoms with Gasteiger partial charge in [0.05, 0.1) is 22.1 Å². The summed E-state index contributed by atoms with van der Waals surface area (Å²) in [6, 6.07) is 4.14.